The molecule has 0 atom stereocenters. The fraction of sp³-hybridized carbons (Fsp3) is 0.556. The van der Waals surface area contributed by atoms with Crippen LogP contribution in [-0.4, -0.2) is 46.7 Å². The fourth-order valence-corrected chi connectivity index (χ4v) is 3.23. The maximum Gasteiger partial charge on any atom is 0.225 e. The second-order valence-electron chi connectivity index (χ2n) is 7.23. The summed E-state index contributed by atoms with van der Waals surface area (Å²) in [6.45, 7) is 8.95. The Labute approximate surface area is 179 Å². The summed E-state index contributed by atoms with van der Waals surface area (Å²) in [5, 5.41) is 9.15. The van der Waals surface area contributed by atoms with Crippen molar-refractivity contribution in [2.45, 2.75) is 39.1 Å². The molecule has 0 aliphatic heterocycles. The number of amides is 1. The first-order valence-electron chi connectivity index (χ1n) is 8.47. The SMILES string of the molecule is CN=C(NCCNC(=O)C(C)(C)C)NCc1ccc(S(C)(=O)=O)c(C)c1.I. The topological polar surface area (TPSA) is 99.7 Å². The van der Waals surface area contributed by atoms with Crippen LogP contribution in [0.5, 0.6) is 0 Å². The van der Waals surface area contributed by atoms with E-state index in [9.17, 15) is 13.2 Å². The molecule has 0 saturated heterocycles. The maximum atomic E-state index is 11.8. The second-order valence-corrected chi connectivity index (χ2v) is 9.21. The number of hydrogen-bond acceptors (Lipinski definition) is 4. The van der Waals surface area contributed by atoms with Gasteiger partial charge in [0.1, 0.15) is 0 Å². The molecule has 0 fully saturated rings. The Balaban J connectivity index is 0.00000676. The normalized spacial score (nSPS) is 12.1. The molecular formula is C18H31IN4O3S. The summed E-state index contributed by atoms with van der Waals surface area (Å²) in [5.41, 5.74) is 1.27. The van der Waals surface area contributed by atoms with Crippen molar-refractivity contribution < 1.29 is 13.2 Å². The van der Waals surface area contributed by atoms with Gasteiger partial charge in [0.2, 0.25) is 5.91 Å². The number of carbonyl (C=O) groups excluding carboxylic acids is 1. The standard InChI is InChI=1S/C18H30N4O3S.HI/c1-13-11-14(7-8-15(13)26(6,24)25)12-22-17(19-5)21-10-9-20-16(23)18(2,3)4;/h7-8,11H,9-10,12H2,1-6H3,(H,20,23)(H2,19,21,22);1H. The number of rotatable bonds is 6. The van der Waals surface area contributed by atoms with Crippen LogP contribution in [0.2, 0.25) is 0 Å². The molecule has 0 radical (unpaired) electrons. The molecule has 27 heavy (non-hydrogen) atoms. The highest BCUT2D eigenvalue weighted by Gasteiger charge is 2.20. The Morgan fingerprint density at radius 1 is 1.11 bits per heavy atom. The number of nitrogens with one attached hydrogen (secondary N) is 3. The molecule has 1 rings (SSSR count). The van der Waals surface area contributed by atoms with Crippen LogP contribution < -0.4 is 16.0 Å². The number of hydrogen-bond donors (Lipinski definition) is 3. The monoisotopic (exact) mass is 510 g/mol. The van der Waals surface area contributed by atoms with Gasteiger partial charge in [-0.1, -0.05) is 32.9 Å². The Kier molecular flexibility index (Phi) is 10.3. The number of nitrogens with zero attached hydrogens (tertiary/aromatic N) is 1. The molecule has 0 saturated carbocycles. The average Bonchev–Trinajstić information content (AvgIpc) is 2.51. The fourth-order valence-electron chi connectivity index (χ4n) is 2.27. The van der Waals surface area contributed by atoms with Gasteiger partial charge in [-0.25, -0.2) is 8.42 Å². The molecule has 1 amide bonds. The van der Waals surface area contributed by atoms with E-state index in [2.05, 4.69) is 20.9 Å². The number of sulfone groups is 1. The predicted octanol–water partition coefficient (Wildman–Crippen LogP) is 1.84. The van der Waals surface area contributed by atoms with Gasteiger partial charge in [0, 0.05) is 38.4 Å². The van der Waals surface area contributed by atoms with Crippen LogP contribution in [0.25, 0.3) is 0 Å². The minimum absolute atomic E-state index is 0. The van der Waals surface area contributed by atoms with Gasteiger partial charge in [0.25, 0.3) is 0 Å². The average molecular weight is 510 g/mol. The predicted molar refractivity (Wildman–Crippen MR) is 120 cm³/mol. The van der Waals surface area contributed by atoms with E-state index in [4.69, 9.17) is 0 Å². The Morgan fingerprint density at radius 3 is 2.19 bits per heavy atom. The van der Waals surface area contributed by atoms with E-state index in [0.717, 1.165) is 11.1 Å². The maximum absolute atomic E-state index is 11.8. The van der Waals surface area contributed by atoms with Crippen molar-refractivity contribution in [2.75, 3.05) is 26.4 Å². The molecule has 0 bridgehead atoms. The van der Waals surface area contributed by atoms with E-state index < -0.39 is 15.3 Å². The zero-order valence-electron chi connectivity index (χ0n) is 16.8. The lowest BCUT2D eigenvalue weighted by atomic mass is 9.96. The van der Waals surface area contributed by atoms with Crippen molar-refractivity contribution in [3.63, 3.8) is 0 Å². The number of guanidine groups is 1. The van der Waals surface area contributed by atoms with Crippen molar-refractivity contribution in [1.29, 1.82) is 0 Å². The quantitative estimate of drug-likeness (QED) is 0.235. The Bertz CT molecular complexity index is 771. The van der Waals surface area contributed by atoms with Crippen LogP contribution in [0, 0.1) is 12.3 Å². The zero-order chi connectivity index (χ0) is 20.0. The van der Waals surface area contributed by atoms with Crippen LogP contribution in [-0.2, 0) is 21.2 Å². The number of aryl methyl sites for hydroxylation is 1. The van der Waals surface area contributed by atoms with Gasteiger partial charge in [-0.05, 0) is 24.1 Å². The number of halogens is 1. The van der Waals surface area contributed by atoms with Gasteiger partial charge >= 0.3 is 0 Å². The van der Waals surface area contributed by atoms with Crippen LogP contribution in [0.3, 0.4) is 0 Å². The van der Waals surface area contributed by atoms with Crippen molar-refractivity contribution in [1.82, 2.24) is 16.0 Å². The highest BCUT2D eigenvalue weighted by atomic mass is 127. The van der Waals surface area contributed by atoms with Crippen LogP contribution in [0.15, 0.2) is 28.1 Å². The van der Waals surface area contributed by atoms with Crippen molar-refractivity contribution in [3.05, 3.63) is 29.3 Å². The highest BCUT2D eigenvalue weighted by molar-refractivity contribution is 14.0. The molecule has 154 valence electrons. The van der Waals surface area contributed by atoms with E-state index in [1.54, 1.807) is 26.1 Å². The summed E-state index contributed by atoms with van der Waals surface area (Å²) < 4.78 is 23.3. The van der Waals surface area contributed by atoms with Gasteiger partial charge in [0.15, 0.2) is 15.8 Å². The highest BCUT2D eigenvalue weighted by Crippen LogP contribution is 2.16. The van der Waals surface area contributed by atoms with E-state index in [1.807, 2.05) is 26.8 Å². The minimum Gasteiger partial charge on any atom is -0.355 e. The molecule has 0 heterocycles. The van der Waals surface area contributed by atoms with Gasteiger partial charge in [-0.3, -0.25) is 9.79 Å². The first-order valence-corrected chi connectivity index (χ1v) is 10.4. The first kappa shape index (κ1) is 25.6. The zero-order valence-corrected chi connectivity index (χ0v) is 20.0. The van der Waals surface area contributed by atoms with E-state index >= 15 is 0 Å². The molecule has 0 unspecified atom stereocenters. The molecule has 1 aromatic rings. The summed E-state index contributed by atoms with van der Waals surface area (Å²) >= 11 is 0. The number of carbonyl (C=O) groups is 1. The smallest absolute Gasteiger partial charge is 0.225 e. The third-order valence-corrected chi connectivity index (χ3v) is 4.96. The Morgan fingerprint density at radius 2 is 1.70 bits per heavy atom. The van der Waals surface area contributed by atoms with E-state index in [0.29, 0.717) is 30.5 Å². The molecule has 9 heteroatoms. The third-order valence-electron chi connectivity index (χ3n) is 3.71. The van der Waals surface area contributed by atoms with Crippen molar-refractivity contribution >= 4 is 45.7 Å². The first-order chi connectivity index (χ1) is 11.9. The third kappa shape index (κ3) is 8.91. The molecule has 1 aromatic carbocycles. The number of benzene rings is 1. The molecule has 0 aliphatic rings. The number of aliphatic imine (C=N–C) groups is 1. The van der Waals surface area contributed by atoms with Gasteiger partial charge in [0.05, 0.1) is 4.90 Å². The summed E-state index contributed by atoms with van der Waals surface area (Å²) in [7, 11) is -1.54. The summed E-state index contributed by atoms with van der Waals surface area (Å²) in [5.74, 6) is 0.614. The lowest BCUT2D eigenvalue weighted by molar-refractivity contribution is -0.128. The summed E-state index contributed by atoms with van der Waals surface area (Å²) in [6.07, 6.45) is 1.21. The summed E-state index contributed by atoms with van der Waals surface area (Å²) in [6, 6.07) is 5.26. The van der Waals surface area contributed by atoms with Crippen molar-refractivity contribution in [2.24, 2.45) is 10.4 Å². The minimum atomic E-state index is -3.21. The largest absolute Gasteiger partial charge is 0.355 e. The lowest BCUT2D eigenvalue weighted by Gasteiger charge is -2.18. The van der Waals surface area contributed by atoms with Gasteiger partial charge in [-0.15, -0.1) is 24.0 Å². The molecule has 7 nitrogen and oxygen atoms in total. The Hall–Kier alpha value is -1.36. The van der Waals surface area contributed by atoms with Crippen LogP contribution in [0.1, 0.15) is 31.9 Å². The molecule has 0 aromatic heterocycles. The van der Waals surface area contributed by atoms with Gasteiger partial charge in [-0.2, -0.15) is 0 Å². The van der Waals surface area contributed by atoms with E-state index in [-0.39, 0.29) is 29.9 Å². The second kappa shape index (κ2) is 10.8. The molecule has 3 N–H and O–H groups in total. The molecule has 0 spiro atoms. The van der Waals surface area contributed by atoms with Crippen molar-refractivity contribution in [3.8, 4) is 0 Å². The molecular weight excluding hydrogens is 479 g/mol. The molecule has 0 aliphatic carbocycles. The van der Waals surface area contributed by atoms with Crippen LogP contribution in [0.4, 0.5) is 0 Å². The summed E-state index contributed by atoms with van der Waals surface area (Å²) in [4.78, 5) is 16.3. The van der Waals surface area contributed by atoms with Crippen LogP contribution >= 0.6 is 24.0 Å². The van der Waals surface area contributed by atoms with Gasteiger partial charge < -0.3 is 16.0 Å². The van der Waals surface area contributed by atoms with E-state index in [1.165, 1.54) is 6.26 Å². The lowest BCUT2D eigenvalue weighted by Crippen LogP contribution is -2.43.